The van der Waals surface area contributed by atoms with Gasteiger partial charge >= 0.3 is 0 Å². The fraction of sp³-hybridized carbons (Fsp3) is 0.167. The molecule has 3 aromatic rings. The monoisotopic (exact) mass is 372 g/mol. The molecule has 0 fully saturated rings. The highest BCUT2D eigenvalue weighted by Crippen LogP contribution is 2.17. The average molecular weight is 372 g/mol. The van der Waals surface area contributed by atoms with E-state index in [1.807, 2.05) is 64.1 Å². The van der Waals surface area contributed by atoms with Crippen LogP contribution in [0.25, 0.3) is 0 Å². The Morgan fingerprint density at radius 3 is 1.21 bits per heavy atom. The highest BCUT2D eigenvalue weighted by atomic mass is 16.2. The van der Waals surface area contributed by atoms with Crippen LogP contribution in [0, 0.1) is 27.7 Å². The molecule has 0 aromatic heterocycles. The first-order chi connectivity index (χ1) is 13.3. The zero-order valence-corrected chi connectivity index (χ0v) is 16.6. The third-order valence-corrected chi connectivity index (χ3v) is 4.94. The van der Waals surface area contributed by atoms with Gasteiger partial charge in [-0.1, -0.05) is 12.1 Å². The first-order valence-electron chi connectivity index (χ1n) is 9.21. The molecule has 3 rings (SSSR count). The lowest BCUT2D eigenvalue weighted by atomic mass is 10.1. The molecule has 0 aliphatic rings. The first-order valence-corrected chi connectivity index (χ1v) is 9.21. The molecule has 3 aromatic carbocycles. The molecule has 0 radical (unpaired) electrons. The van der Waals surface area contributed by atoms with E-state index in [2.05, 4.69) is 10.6 Å². The number of carbonyl (C=O) groups excluding carboxylic acids is 2. The predicted molar refractivity (Wildman–Crippen MR) is 114 cm³/mol. The number of carbonyl (C=O) groups is 2. The summed E-state index contributed by atoms with van der Waals surface area (Å²) in [4.78, 5) is 24.9. The highest BCUT2D eigenvalue weighted by Gasteiger charge is 2.10. The van der Waals surface area contributed by atoms with Gasteiger partial charge in [-0.15, -0.1) is 0 Å². The van der Waals surface area contributed by atoms with Crippen molar-refractivity contribution in [3.05, 3.63) is 94.0 Å². The maximum atomic E-state index is 12.4. The number of anilines is 2. The van der Waals surface area contributed by atoms with Crippen molar-refractivity contribution in [1.29, 1.82) is 0 Å². The summed E-state index contributed by atoms with van der Waals surface area (Å²) in [6.45, 7) is 8.08. The number of amides is 2. The maximum absolute atomic E-state index is 12.4. The molecule has 0 atom stereocenters. The van der Waals surface area contributed by atoms with E-state index in [9.17, 15) is 9.59 Å². The molecule has 0 aliphatic heterocycles. The van der Waals surface area contributed by atoms with E-state index in [4.69, 9.17) is 0 Å². The Bertz CT molecular complexity index is 952. The zero-order valence-electron chi connectivity index (χ0n) is 16.6. The topological polar surface area (TPSA) is 58.2 Å². The minimum absolute atomic E-state index is 0.204. The number of hydrogen-bond acceptors (Lipinski definition) is 2. The predicted octanol–water partition coefficient (Wildman–Crippen LogP) is 5.42. The third kappa shape index (κ3) is 4.46. The van der Waals surface area contributed by atoms with Crippen molar-refractivity contribution in [1.82, 2.24) is 0 Å². The summed E-state index contributed by atoms with van der Waals surface area (Å²) in [5.74, 6) is -0.409. The largest absolute Gasteiger partial charge is 0.322 e. The number of aryl methyl sites for hydroxylation is 4. The second kappa shape index (κ2) is 8.09. The van der Waals surface area contributed by atoms with Crippen LogP contribution in [0.3, 0.4) is 0 Å². The lowest BCUT2D eigenvalue weighted by Crippen LogP contribution is -2.14. The van der Waals surface area contributed by atoms with Gasteiger partial charge < -0.3 is 10.6 Å². The summed E-state index contributed by atoms with van der Waals surface area (Å²) >= 11 is 0. The molecule has 142 valence electrons. The Labute approximate surface area is 165 Å². The standard InChI is InChI=1S/C24H24N2O2/c1-15-5-11-21(13-17(15)3)25-23(27)19-7-9-20(10-8-19)24(28)26-22-12-6-16(2)18(4)14-22/h5-14H,1-4H3,(H,25,27)(H,26,28). The fourth-order valence-electron chi connectivity index (χ4n) is 2.82. The van der Waals surface area contributed by atoms with Crippen LogP contribution in [0.2, 0.25) is 0 Å². The molecular formula is C24H24N2O2. The molecule has 0 heterocycles. The summed E-state index contributed by atoms with van der Waals surface area (Å²) in [7, 11) is 0. The van der Waals surface area contributed by atoms with E-state index in [-0.39, 0.29) is 11.8 Å². The van der Waals surface area contributed by atoms with Crippen LogP contribution in [-0.4, -0.2) is 11.8 Å². The van der Waals surface area contributed by atoms with Crippen LogP contribution in [0.15, 0.2) is 60.7 Å². The number of nitrogens with one attached hydrogen (secondary N) is 2. The van der Waals surface area contributed by atoms with Gasteiger partial charge in [0, 0.05) is 22.5 Å². The molecule has 2 N–H and O–H groups in total. The molecular weight excluding hydrogens is 348 g/mol. The van der Waals surface area contributed by atoms with Gasteiger partial charge in [-0.25, -0.2) is 0 Å². The Kier molecular flexibility index (Phi) is 5.59. The van der Waals surface area contributed by atoms with Gasteiger partial charge in [-0.2, -0.15) is 0 Å². The number of benzene rings is 3. The highest BCUT2D eigenvalue weighted by molar-refractivity contribution is 6.07. The Balaban J connectivity index is 1.67. The van der Waals surface area contributed by atoms with Gasteiger partial charge in [-0.3, -0.25) is 9.59 Å². The van der Waals surface area contributed by atoms with E-state index >= 15 is 0 Å². The zero-order chi connectivity index (χ0) is 20.3. The minimum atomic E-state index is -0.204. The summed E-state index contributed by atoms with van der Waals surface area (Å²) in [5, 5.41) is 5.77. The smallest absolute Gasteiger partial charge is 0.255 e. The van der Waals surface area contributed by atoms with Crippen LogP contribution >= 0.6 is 0 Å². The molecule has 4 nitrogen and oxygen atoms in total. The number of rotatable bonds is 4. The molecule has 28 heavy (non-hydrogen) atoms. The van der Waals surface area contributed by atoms with Crippen molar-refractivity contribution in [3.8, 4) is 0 Å². The minimum Gasteiger partial charge on any atom is -0.322 e. The molecule has 2 amide bonds. The Morgan fingerprint density at radius 2 is 0.893 bits per heavy atom. The Hall–Kier alpha value is -3.40. The van der Waals surface area contributed by atoms with Crippen molar-refractivity contribution in [3.63, 3.8) is 0 Å². The molecule has 0 bridgehead atoms. The van der Waals surface area contributed by atoms with Crippen LogP contribution in [-0.2, 0) is 0 Å². The molecule has 0 aliphatic carbocycles. The van der Waals surface area contributed by atoms with Crippen LogP contribution in [0.5, 0.6) is 0 Å². The molecule has 0 unspecified atom stereocenters. The van der Waals surface area contributed by atoms with E-state index in [0.29, 0.717) is 11.1 Å². The second-order valence-corrected chi connectivity index (χ2v) is 7.08. The molecule has 0 spiro atoms. The Morgan fingerprint density at radius 1 is 0.536 bits per heavy atom. The van der Waals surface area contributed by atoms with Crippen molar-refractivity contribution >= 4 is 23.2 Å². The quantitative estimate of drug-likeness (QED) is 0.642. The van der Waals surface area contributed by atoms with Crippen LogP contribution < -0.4 is 10.6 Å². The van der Waals surface area contributed by atoms with Gasteiger partial charge in [0.15, 0.2) is 0 Å². The molecule has 0 saturated heterocycles. The van der Waals surface area contributed by atoms with E-state index in [1.165, 1.54) is 11.1 Å². The summed E-state index contributed by atoms with van der Waals surface area (Å²) in [6, 6.07) is 18.2. The second-order valence-electron chi connectivity index (χ2n) is 7.08. The summed E-state index contributed by atoms with van der Waals surface area (Å²) in [5.41, 5.74) is 7.11. The normalized spacial score (nSPS) is 10.4. The van der Waals surface area contributed by atoms with Crippen LogP contribution in [0.1, 0.15) is 43.0 Å². The SMILES string of the molecule is Cc1ccc(NC(=O)c2ccc(C(=O)Nc3ccc(C)c(C)c3)cc2)cc1C. The summed E-state index contributed by atoms with van der Waals surface area (Å²) in [6.07, 6.45) is 0. The van der Waals surface area contributed by atoms with Gasteiger partial charge in [0.25, 0.3) is 11.8 Å². The molecule has 0 saturated carbocycles. The summed E-state index contributed by atoms with van der Waals surface area (Å²) < 4.78 is 0. The van der Waals surface area contributed by atoms with Gasteiger partial charge in [0.05, 0.1) is 0 Å². The van der Waals surface area contributed by atoms with Crippen molar-refractivity contribution in [2.75, 3.05) is 10.6 Å². The van der Waals surface area contributed by atoms with E-state index in [1.54, 1.807) is 24.3 Å². The van der Waals surface area contributed by atoms with Gasteiger partial charge in [0.2, 0.25) is 0 Å². The van der Waals surface area contributed by atoms with Crippen molar-refractivity contribution in [2.24, 2.45) is 0 Å². The van der Waals surface area contributed by atoms with E-state index in [0.717, 1.165) is 22.5 Å². The lowest BCUT2D eigenvalue weighted by molar-refractivity contribution is 0.101. The van der Waals surface area contributed by atoms with Crippen molar-refractivity contribution < 1.29 is 9.59 Å². The third-order valence-electron chi connectivity index (χ3n) is 4.94. The van der Waals surface area contributed by atoms with Gasteiger partial charge in [0.1, 0.15) is 0 Å². The fourth-order valence-corrected chi connectivity index (χ4v) is 2.82. The van der Waals surface area contributed by atoms with Crippen molar-refractivity contribution in [2.45, 2.75) is 27.7 Å². The molecule has 4 heteroatoms. The first kappa shape index (κ1) is 19.4. The van der Waals surface area contributed by atoms with Crippen LogP contribution in [0.4, 0.5) is 11.4 Å². The van der Waals surface area contributed by atoms with Gasteiger partial charge in [-0.05, 0) is 98.5 Å². The maximum Gasteiger partial charge on any atom is 0.255 e. The average Bonchev–Trinajstić information content (AvgIpc) is 2.67. The number of hydrogen-bond donors (Lipinski definition) is 2. The van der Waals surface area contributed by atoms with E-state index < -0.39 is 0 Å². The lowest BCUT2D eigenvalue weighted by Gasteiger charge is -2.09.